The van der Waals surface area contributed by atoms with Gasteiger partial charge in [-0.25, -0.2) is 5.01 Å². The minimum absolute atomic E-state index is 0.125. The fourth-order valence-electron chi connectivity index (χ4n) is 3.56. The summed E-state index contributed by atoms with van der Waals surface area (Å²) < 4.78 is 1.85. The predicted octanol–water partition coefficient (Wildman–Crippen LogP) is 2.96. The molecule has 0 radical (unpaired) electrons. The number of nitrogens with one attached hydrogen (secondary N) is 1. The molecule has 0 bridgehead atoms. The Balaban J connectivity index is 1.26. The van der Waals surface area contributed by atoms with Gasteiger partial charge in [0.05, 0.1) is 18.8 Å². The minimum atomic E-state index is -0.145. The minimum Gasteiger partial charge on any atom is -0.352 e. The number of carbonyl (C=O) groups excluding carboxylic acids is 2. The average Bonchev–Trinajstić information content (AvgIpc) is 3.50. The Morgan fingerprint density at radius 3 is 2.48 bits per heavy atom. The summed E-state index contributed by atoms with van der Waals surface area (Å²) in [5.41, 5.74) is 4.08. The van der Waals surface area contributed by atoms with Crippen LogP contribution >= 0.6 is 0 Å². The maximum Gasteiger partial charge on any atom is 0.243 e. The zero-order valence-corrected chi connectivity index (χ0v) is 17.3. The van der Waals surface area contributed by atoms with E-state index in [1.807, 2.05) is 71.5 Å². The molecule has 1 aliphatic rings. The van der Waals surface area contributed by atoms with Crippen LogP contribution in [0.1, 0.15) is 36.0 Å². The average molecular weight is 415 g/mol. The SMILES string of the molecule is O=C(CCC(=O)N1CCC(c2ccccc2)=N1)NCc1ccccc1Cn1cccn1. The van der Waals surface area contributed by atoms with Gasteiger partial charge in [-0.2, -0.15) is 10.2 Å². The zero-order chi connectivity index (χ0) is 21.5. The van der Waals surface area contributed by atoms with Gasteiger partial charge in [0.15, 0.2) is 0 Å². The molecule has 2 heterocycles. The van der Waals surface area contributed by atoms with E-state index in [1.165, 1.54) is 5.01 Å². The number of hydrogen-bond acceptors (Lipinski definition) is 4. The van der Waals surface area contributed by atoms with Crippen molar-refractivity contribution in [3.05, 3.63) is 89.7 Å². The number of aromatic nitrogens is 2. The van der Waals surface area contributed by atoms with Gasteiger partial charge in [-0.1, -0.05) is 54.6 Å². The second-order valence-electron chi connectivity index (χ2n) is 7.43. The first-order chi connectivity index (χ1) is 15.2. The van der Waals surface area contributed by atoms with Crippen LogP contribution in [0.2, 0.25) is 0 Å². The van der Waals surface area contributed by atoms with Crippen LogP contribution in [0.3, 0.4) is 0 Å². The van der Waals surface area contributed by atoms with E-state index < -0.39 is 0 Å². The molecule has 0 saturated heterocycles. The lowest BCUT2D eigenvalue weighted by molar-refractivity contribution is -0.133. The first-order valence-corrected chi connectivity index (χ1v) is 10.4. The number of benzene rings is 2. The van der Waals surface area contributed by atoms with Crippen molar-refractivity contribution in [1.29, 1.82) is 0 Å². The molecule has 4 rings (SSSR count). The van der Waals surface area contributed by atoms with Crippen LogP contribution in [0.5, 0.6) is 0 Å². The molecule has 0 saturated carbocycles. The summed E-state index contributed by atoms with van der Waals surface area (Å²) in [6.07, 6.45) is 4.67. The maximum absolute atomic E-state index is 12.5. The summed E-state index contributed by atoms with van der Waals surface area (Å²) in [6.45, 7) is 1.63. The Kier molecular flexibility index (Phi) is 6.52. The molecule has 0 fully saturated rings. The molecule has 3 aromatic rings. The predicted molar refractivity (Wildman–Crippen MR) is 118 cm³/mol. The summed E-state index contributed by atoms with van der Waals surface area (Å²) in [5.74, 6) is -0.270. The largest absolute Gasteiger partial charge is 0.352 e. The van der Waals surface area contributed by atoms with E-state index in [-0.39, 0.29) is 24.7 Å². The van der Waals surface area contributed by atoms with Gasteiger partial charge >= 0.3 is 0 Å². The van der Waals surface area contributed by atoms with Crippen LogP contribution in [0, 0.1) is 0 Å². The smallest absolute Gasteiger partial charge is 0.243 e. The number of hydrogen-bond donors (Lipinski definition) is 1. The van der Waals surface area contributed by atoms with Crippen LogP contribution in [-0.2, 0) is 22.7 Å². The highest BCUT2D eigenvalue weighted by molar-refractivity contribution is 6.02. The van der Waals surface area contributed by atoms with E-state index in [4.69, 9.17) is 0 Å². The maximum atomic E-state index is 12.5. The van der Waals surface area contributed by atoms with Gasteiger partial charge in [0.2, 0.25) is 11.8 Å². The molecule has 0 spiro atoms. The molecular formula is C24H25N5O2. The highest BCUT2D eigenvalue weighted by atomic mass is 16.2. The quantitative estimate of drug-likeness (QED) is 0.614. The number of carbonyl (C=O) groups is 2. The van der Waals surface area contributed by atoms with E-state index in [0.717, 1.165) is 28.8 Å². The number of hydrazone groups is 1. The molecule has 0 aliphatic carbocycles. The summed E-state index contributed by atoms with van der Waals surface area (Å²) in [7, 11) is 0. The van der Waals surface area contributed by atoms with Crippen LogP contribution in [0.25, 0.3) is 0 Å². The molecule has 7 nitrogen and oxygen atoms in total. The highest BCUT2D eigenvalue weighted by Gasteiger charge is 2.21. The molecule has 7 heteroatoms. The van der Waals surface area contributed by atoms with Gasteiger partial charge in [0.1, 0.15) is 0 Å². The third-order valence-corrected chi connectivity index (χ3v) is 5.25. The van der Waals surface area contributed by atoms with Crippen molar-refractivity contribution < 1.29 is 9.59 Å². The molecule has 31 heavy (non-hydrogen) atoms. The lowest BCUT2D eigenvalue weighted by atomic mass is 10.1. The highest BCUT2D eigenvalue weighted by Crippen LogP contribution is 2.15. The normalized spacial score (nSPS) is 13.2. The van der Waals surface area contributed by atoms with Gasteiger partial charge in [0.25, 0.3) is 0 Å². The first kappa shape index (κ1) is 20.5. The van der Waals surface area contributed by atoms with Crippen LogP contribution < -0.4 is 5.32 Å². The van der Waals surface area contributed by atoms with Crippen LogP contribution in [0.4, 0.5) is 0 Å². The van der Waals surface area contributed by atoms with Crippen molar-refractivity contribution in [1.82, 2.24) is 20.1 Å². The van der Waals surface area contributed by atoms with Crippen molar-refractivity contribution in [3.8, 4) is 0 Å². The topological polar surface area (TPSA) is 79.6 Å². The monoisotopic (exact) mass is 415 g/mol. The Bertz CT molecular complexity index is 1060. The number of nitrogens with zero attached hydrogens (tertiary/aromatic N) is 4. The summed E-state index contributed by atoms with van der Waals surface area (Å²) >= 11 is 0. The van der Waals surface area contributed by atoms with Crippen LogP contribution in [0.15, 0.2) is 78.2 Å². The number of rotatable bonds is 8. The van der Waals surface area contributed by atoms with Crippen molar-refractivity contribution in [3.63, 3.8) is 0 Å². The summed E-state index contributed by atoms with van der Waals surface area (Å²) in [4.78, 5) is 24.8. The summed E-state index contributed by atoms with van der Waals surface area (Å²) in [6, 6.07) is 19.7. The third kappa shape index (κ3) is 5.45. The van der Waals surface area contributed by atoms with E-state index in [9.17, 15) is 9.59 Å². The number of amides is 2. The van der Waals surface area contributed by atoms with Gasteiger partial charge in [-0.05, 0) is 22.8 Å². The Labute approximate surface area is 181 Å². The Hall–Kier alpha value is -3.74. The second-order valence-corrected chi connectivity index (χ2v) is 7.43. The molecule has 2 amide bonds. The van der Waals surface area contributed by atoms with Crippen molar-refractivity contribution in [2.24, 2.45) is 5.10 Å². The van der Waals surface area contributed by atoms with E-state index >= 15 is 0 Å². The van der Waals surface area contributed by atoms with Gasteiger partial charge in [-0.3, -0.25) is 14.3 Å². The molecule has 0 atom stereocenters. The molecule has 2 aromatic carbocycles. The second kappa shape index (κ2) is 9.84. The van der Waals surface area contributed by atoms with E-state index in [2.05, 4.69) is 15.5 Å². The van der Waals surface area contributed by atoms with Crippen molar-refractivity contribution >= 4 is 17.5 Å². The Morgan fingerprint density at radius 2 is 1.71 bits per heavy atom. The molecule has 1 N–H and O–H groups in total. The van der Waals surface area contributed by atoms with Crippen LogP contribution in [-0.4, -0.2) is 38.9 Å². The zero-order valence-electron chi connectivity index (χ0n) is 17.3. The third-order valence-electron chi connectivity index (χ3n) is 5.25. The van der Waals surface area contributed by atoms with E-state index in [0.29, 0.717) is 19.6 Å². The van der Waals surface area contributed by atoms with Gasteiger partial charge < -0.3 is 5.32 Å². The van der Waals surface area contributed by atoms with Gasteiger partial charge in [-0.15, -0.1) is 0 Å². The molecule has 158 valence electrons. The lowest BCUT2D eigenvalue weighted by Gasteiger charge is -2.12. The molecule has 1 aromatic heterocycles. The molecule has 1 aliphatic heterocycles. The van der Waals surface area contributed by atoms with E-state index in [1.54, 1.807) is 6.20 Å². The first-order valence-electron chi connectivity index (χ1n) is 10.4. The standard InChI is InChI=1S/C24H25N5O2/c30-23(25-17-20-9-4-5-10-21(20)18-28-15-6-14-26-28)11-12-24(31)29-16-13-22(27-29)19-7-2-1-3-8-19/h1-10,14-15H,11-13,16-18H2,(H,25,30). The lowest BCUT2D eigenvalue weighted by Crippen LogP contribution is -2.28. The fraction of sp³-hybridized carbons (Fsp3) is 0.250. The molecular weight excluding hydrogens is 390 g/mol. The Morgan fingerprint density at radius 1 is 0.935 bits per heavy atom. The van der Waals surface area contributed by atoms with Crippen molar-refractivity contribution in [2.45, 2.75) is 32.4 Å². The van der Waals surface area contributed by atoms with Crippen molar-refractivity contribution in [2.75, 3.05) is 6.54 Å². The molecule has 0 unspecified atom stereocenters. The fourth-order valence-corrected chi connectivity index (χ4v) is 3.56. The summed E-state index contributed by atoms with van der Waals surface area (Å²) in [5, 5.41) is 13.1. The van der Waals surface area contributed by atoms with Gasteiger partial charge in [0, 0.05) is 38.2 Å².